The van der Waals surface area contributed by atoms with Gasteiger partial charge in [0.1, 0.15) is 18.1 Å². The number of carbonyl (C=O) groups excluding carboxylic acids is 1. The largest absolute Gasteiger partial charge is 0.489 e. The van der Waals surface area contributed by atoms with Crippen molar-refractivity contribution in [2.24, 2.45) is 5.10 Å². The summed E-state index contributed by atoms with van der Waals surface area (Å²) in [6.07, 6.45) is 1.56. The summed E-state index contributed by atoms with van der Waals surface area (Å²) < 4.78 is 11.4. The van der Waals surface area contributed by atoms with Crippen LogP contribution in [0, 0.1) is 13.8 Å². The number of hydrogen-bond donors (Lipinski definition) is 1. The van der Waals surface area contributed by atoms with Crippen LogP contribution >= 0.6 is 23.2 Å². The normalized spacial score (nSPS) is 10.8. The molecule has 0 bridgehead atoms. The van der Waals surface area contributed by atoms with Crippen molar-refractivity contribution in [1.29, 1.82) is 0 Å². The molecule has 3 rings (SSSR count). The highest BCUT2D eigenvalue weighted by Crippen LogP contribution is 2.24. The molecule has 5 nitrogen and oxygen atoms in total. The number of aryl methyl sites for hydroxylation is 2. The van der Waals surface area contributed by atoms with Crippen LogP contribution in [-0.2, 0) is 11.4 Å². The molecule has 1 N–H and O–H groups in total. The van der Waals surface area contributed by atoms with E-state index in [1.165, 1.54) is 0 Å². The first-order chi connectivity index (χ1) is 14.9. The predicted molar refractivity (Wildman–Crippen MR) is 124 cm³/mol. The van der Waals surface area contributed by atoms with Crippen molar-refractivity contribution >= 4 is 35.3 Å². The third kappa shape index (κ3) is 6.74. The van der Waals surface area contributed by atoms with Gasteiger partial charge < -0.3 is 9.47 Å². The lowest BCUT2D eigenvalue weighted by Crippen LogP contribution is -2.25. The van der Waals surface area contributed by atoms with E-state index >= 15 is 0 Å². The van der Waals surface area contributed by atoms with Crippen LogP contribution in [0.3, 0.4) is 0 Å². The first-order valence-corrected chi connectivity index (χ1v) is 10.4. The number of nitrogens with zero attached hydrogens (tertiary/aromatic N) is 1. The van der Waals surface area contributed by atoms with E-state index in [-0.39, 0.29) is 12.5 Å². The van der Waals surface area contributed by atoms with Crippen molar-refractivity contribution in [3.05, 3.63) is 93.0 Å². The number of hydrazone groups is 1. The molecule has 0 saturated heterocycles. The molecule has 0 saturated carbocycles. The number of ether oxygens (including phenoxy) is 2. The zero-order valence-electron chi connectivity index (χ0n) is 17.2. The molecule has 3 aromatic carbocycles. The topological polar surface area (TPSA) is 59.9 Å². The Morgan fingerprint density at radius 1 is 0.968 bits per heavy atom. The Morgan fingerprint density at radius 3 is 2.35 bits per heavy atom. The fourth-order valence-electron chi connectivity index (χ4n) is 2.82. The van der Waals surface area contributed by atoms with E-state index in [9.17, 15) is 4.79 Å². The van der Waals surface area contributed by atoms with Gasteiger partial charge in [0.2, 0.25) is 0 Å². The maximum absolute atomic E-state index is 12.0. The Kier molecular flexibility index (Phi) is 7.93. The van der Waals surface area contributed by atoms with E-state index in [0.29, 0.717) is 22.4 Å². The third-order valence-corrected chi connectivity index (χ3v) is 5.17. The lowest BCUT2D eigenvalue weighted by atomic mass is 10.1. The van der Waals surface area contributed by atoms with Crippen LogP contribution in [-0.4, -0.2) is 18.7 Å². The standard InChI is InChI=1S/C24H22Cl2N2O3/c1-16-4-3-5-17(2)24(16)31-15-23(29)28-27-13-18-6-9-20(10-7-18)30-14-19-8-11-21(25)22(26)12-19/h3-13H,14-15H2,1-2H3,(H,28,29)/b27-13-. The third-order valence-electron chi connectivity index (χ3n) is 4.43. The van der Waals surface area contributed by atoms with Gasteiger partial charge in [0.05, 0.1) is 16.3 Å². The van der Waals surface area contributed by atoms with E-state index in [0.717, 1.165) is 28.0 Å². The van der Waals surface area contributed by atoms with E-state index in [4.69, 9.17) is 32.7 Å². The Hall–Kier alpha value is -3.02. The summed E-state index contributed by atoms with van der Waals surface area (Å²) in [5.74, 6) is 1.09. The molecular weight excluding hydrogens is 435 g/mol. The van der Waals surface area contributed by atoms with Crippen LogP contribution in [0.5, 0.6) is 11.5 Å². The summed E-state index contributed by atoms with van der Waals surface area (Å²) in [7, 11) is 0. The number of amides is 1. The Bertz CT molecular complexity index is 1060. The average molecular weight is 457 g/mol. The smallest absolute Gasteiger partial charge is 0.277 e. The van der Waals surface area contributed by atoms with Crippen molar-refractivity contribution in [1.82, 2.24) is 5.43 Å². The summed E-state index contributed by atoms with van der Waals surface area (Å²) in [6.45, 7) is 4.15. The maximum atomic E-state index is 12.0. The monoisotopic (exact) mass is 456 g/mol. The highest BCUT2D eigenvalue weighted by Gasteiger charge is 2.06. The first kappa shape index (κ1) is 22.7. The minimum absolute atomic E-state index is 0.107. The van der Waals surface area contributed by atoms with Gasteiger partial charge in [-0.2, -0.15) is 5.10 Å². The van der Waals surface area contributed by atoms with Crippen LogP contribution < -0.4 is 14.9 Å². The van der Waals surface area contributed by atoms with Gasteiger partial charge in [0, 0.05) is 0 Å². The molecule has 0 unspecified atom stereocenters. The van der Waals surface area contributed by atoms with Crippen molar-refractivity contribution in [3.63, 3.8) is 0 Å². The highest BCUT2D eigenvalue weighted by atomic mass is 35.5. The molecule has 0 aliphatic heterocycles. The second-order valence-corrected chi connectivity index (χ2v) is 7.72. The van der Waals surface area contributed by atoms with Gasteiger partial charge >= 0.3 is 0 Å². The van der Waals surface area contributed by atoms with Crippen molar-refractivity contribution in [2.75, 3.05) is 6.61 Å². The van der Waals surface area contributed by atoms with Gasteiger partial charge in [0.25, 0.3) is 5.91 Å². The fourth-order valence-corrected chi connectivity index (χ4v) is 3.14. The van der Waals surface area contributed by atoms with Crippen molar-refractivity contribution < 1.29 is 14.3 Å². The minimum atomic E-state index is -0.333. The number of benzene rings is 3. The number of carbonyl (C=O) groups is 1. The quantitative estimate of drug-likeness (QED) is 0.348. The van der Waals surface area contributed by atoms with Gasteiger partial charge in [-0.25, -0.2) is 5.43 Å². The van der Waals surface area contributed by atoms with Crippen LogP contribution in [0.2, 0.25) is 10.0 Å². The van der Waals surface area contributed by atoms with Gasteiger partial charge in [-0.15, -0.1) is 0 Å². The molecule has 0 aliphatic carbocycles. The molecule has 0 aliphatic rings. The van der Waals surface area contributed by atoms with Gasteiger partial charge in [-0.3, -0.25) is 4.79 Å². The summed E-state index contributed by atoms with van der Waals surface area (Å²) in [5.41, 5.74) is 6.17. The zero-order valence-corrected chi connectivity index (χ0v) is 18.7. The summed E-state index contributed by atoms with van der Waals surface area (Å²) >= 11 is 11.9. The predicted octanol–water partition coefficient (Wildman–Crippen LogP) is 5.72. The molecule has 0 fully saturated rings. The lowest BCUT2D eigenvalue weighted by molar-refractivity contribution is -0.123. The van der Waals surface area contributed by atoms with E-state index in [1.54, 1.807) is 18.3 Å². The van der Waals surface area contributed by atoms with Crippen LogP contribution in [0.4, 0.5) is 0 Å². The van der Waals surface area contributed by atoms with E-state index in [1.807, 2.05) is 62.4 Å². The first-order valence-electron chi connectivity index (χ1n) is 9.60. The highest BCUT2D eigenvalue weighted by molar-refractivity contribution is 6.42. The average Bonchev–Trinajstić information content (AvgIpc) is 2.75. The number of hydrogen-bond acceptors (Lipinski definition) is 4. The number of halogens is 2. The molecule has 160 valence electrons. The molecule has 1 amide bonds. The van der Waals surface area contributed by atoms with E-state index < -0.39 is 0 Å². The number of para-hydroxylation sites is 1. The molecule has 31 heavy (non-hydrogen) atoms. The summed E-state index contributed by atoms with van der Waals surface area (Å²) in [6, 6.07) is 18.5. The van der Waals surface area contributed by atoms with E-state index in [2.05, 4.69) is 10.5 Å². The maximum Gasteiger partial charge on any atom is 0.277 e. The molecule has 0 radical (unpaired) electrons. The number of nitrogens with one attached hydrogen (secondary N) is 1. The SMILES string of the molecule is Cc1cccc(C)c1OCC(=O)N/N=C\c1ccc(OCc2ccc(Cl)c(Cl)c2)cc1. The van der Waals surface area contributed by atoms with Crippen LogP contribution in [0.15, 0.2) is 65.8 Å². The van der Waals surface area contributed by atoms with Crippen molar-refractivity contribution in [2.45, 2.75) is 20.5 Å². The van der Waals surface area contributed by atoms with Gasteiger partial charge in [0.15, 0.2) is 6.61 Å². The van der Waals surface area contributed by atoms with Crippen LogP contribution in [0.25, 0.3) is 0 Å². The van der Waals surface area contributed by atoms with Gasteiger partial charge in [-0.1, -0.05) is 47.5 Å². The molecule has 3 aromatic rings. The lowest BCUT2D eigenvalue weighted by Gasteiger charge is -2.10. The second kappa shape index (κ2) is 10.8. The zero-order chi connectivity index (χ0) is 22.2. The van der Waals surface area contributed by atoms with Crippen molar-refractivity contribution in [3.8, 4) is 11.5 Å². The number of rotatable bonds is 8. The Balaban J connectivity index is 1.45. The fraction of sp³-hybridized carbons (Fsp3) is 0.167. The molecule has 0 heterocycles. The minimum Gasteiger partial charge on any atom is -0.489 e. The molecule has 0 atom stereocenters. The molecule has 7 heteroatoms. The van der Waals surface area contributed by atoms with Gasteiger partial charge in [-0.05, 0) is 72.5 Å². The summed E-state index contributed by atoms with van der Waals surface area (Å²) in [5, 5.41) is 4.98. The molecule has 0 aromatic heterocycles. The summed E-state index contributed by atoms with van der Waals surface area (Å²) in [4.78, 5) is 12.0. The van der Waals surface area contributed by atoms with Crippen LogP contribution in [0.1, 0.15) is 22.3 Å². The Morgan fingerprint density at radius 2 is 1.68 bits per heavy atom. The molecule has 0 spiro atoms. The second-order valence-electron chi connectivity index (χ2n) is 6.91. The Labute approximate surface area is 191 Å². The molecular formula is C24H22Cl2N2O3.